The number of hydrogen-bond acceptors (Lipinski definition) is 13. The molecule has 1 fully saturated rings. The Morgan fingerprint density at radius 2 is 1.33 bits per heavy atom. The molecule has 11 N–H and O–H groups in total. The number of carbonyl (C=O) groups is 5. The van der Waals surface area contributed by atoms with Gasteiger partial charge in [-0.25, -0.2) is 9.97 Å². The lowest BCUT2D eigenvalue weighted by Crippen LogP contribution is -2.44. The molecule has 1 saturated heterocycles. The highest BCUT2D eigenvalue weighted by Crippen LogP contribution is 2.04. The molecule has 0 bridgehead atoms. The fraction of sp³-hybridized carbons (Fsp3) is 0.526. The van der Waals surface area contributed by atoms with Crippen LogP contribution in [0, 0.1) is 0 Å². The van der Waals surface area contributed by atoms with E-state index < -0.39 is 67.4 Å². The third-order valence-corrected chi connectivity index (χ3v) is 4.08. The Kier molecular flexibility index (Phi) is 15.6. The van der Waals surface area contributed by atoms with Crippen molar-refractivity contribution in [3.63, 3.8) is 0 Å². The number of aromatic nitrogens is 2. The average molecular weight is 517 g/mol. The number of rotatable bonds is 10. The molecule has 0 saturated carbocycles. The van der Waals surface area contributed by atoms with E-state index in [1.165, 1.54) is 0 Å². The zero-order valence-electron chi connectivity index (χ0n) is 19.2. The van der Waals surface area contributed by atoms with E-state index in [9.17, 15) is 24.0 Å². The van der Waals surface area contributed by atoms with Crippen LogP contribution in [0.1, 0.15) is 12.8 Å². The zero-order chi connectivity index (χ0) is 27.7. The van der Waals surface area contributed by atoms with Crippen LogP contribution in [-0.4, -0.2) is 111 Å². The van der Waals surface area contributed by atoms with Gasteiger partial charge in [-0.15, -0.1) is 0 Å². The first-order valence-corrected chi connectivity index (χ1v) is 10.4. The predicted octanol–water partition coefficient (Wildman–Crippen LogP) is -3.50. The summed E-state index contributed by atoms with van der Waals surface area (Å²) in [6, 6.07) is -2.11. The summed E-state index contributed by atoms with van der Waals surface area (Å²) in [5.74, 6) is -5.22. The molecule has 0 aliphatic carbocycles. The van der Waals surface area contributed by atoms with Crippen molar-refractivity contribution in [1.29, 1.82) is 0 Å². The molecule has 3 atom stereocenters. The highest BCUT2D eigenvalue weighted by atomic mass is 16.5. The van der Waals surface area contributed by atoms with Gasteiger partial charge in [0, 0.05) is 38.6 Å². The standard InChI is InChI=1S/C8H12N4.C7H12N2O6.C4H7NO4/c1-2-10-8(11-3-1)12-6-4-9-5-7-12;8-3(1-5(10)11)7(14)15-2-4(9)6(12)13;5-2(4(8)9)1-3(6)7/h1-3,9H,4-7H2;3-4H,1-2,8-9H2,(H,10,11)(H,12,13);2H,1,5H2,(H,6,7)(H,8,9). The van der Waals surface area contributed by atoms with Crippen molar-refractivity contribution < 1.29 is 49.1 Å². The Hall–Kier alpha value is -3.93. The minimum atomic E-state index is -1.34. The lowest BCUT2D eigenvalue weighted by molar-refractivity contribution is -0.152. The van der Waals surface area contributed by atoms with E-state index in [1.807, 2.05) is 6.07 Å². The number of nitrogens with one attached hydrogen (secondary N) is 1. The molecule has 17 nitrogen and oxygen atoms in total. The number of nitrogens with zero attached hydrogens (tertiary/aromatic N) is 3. The van der Waals surface area contributed by atoms with Gasteiger partial charge in [-0.1, -0.05) is 0 Å². The van der Waals surface area contributed by atoms with E-state index in [0.29, 0.717) is 0 Å². The van der Waals surface area contributed by atoms with E-state index >= 15 is 0 Å². The van der Waals surface area contributed by atoms with E-state index in [-0.39, 0.29) is 0 Å². The Labute approximate surface area is 205 Å². The van der Waals surface area contributed by atoms with Crippen LogP contribution in [0.5, 0.6) is 0 Å². The molecule has 17 heteroatoms. The van der Waals surface area contributed by atoms with Gasteiger partial charge in [0.1, 0.15) is 24.7 Å². The topological polar surface area (TPSA) is 295 Å². The number of carbonyl (C=O) groups excluding carboxylic acids is 1. The van der Waals surface area contributed by atoms with E-state index in [0.717, 1.165) is 32.1 Å². The Morgan fingerprint density at radius 3 is 1.75 bits per heavy atom. The summed E-state index contributed by atoms with van der Waals surface area (Å²) in [7, 11) is 0. The molecule has 0 amide bonds. The molecular weight excluding hydrogens is 486 g/mol. The van der Waals surface area contributed by atoms with Crippen molar-refractivity contribution >= 4 is 35.8 Å². The fourth-order valence-electron chi connectivity index (χ4n) is 2.22. The molecule has 202 valence electrons. The second-order valence-corrected chi connectivity index (χ2v) is 7.11. The fourth-order valence-corrected chi connectivity index (χ4v) is 2.22. The summed E-state index contributed by atoms with van der Waals surface area (Å²) in [6.07, 6.45) is 2.45. The Bertz CT molecular complexity index is 852. The van der Waals surface area contributed by atoms with Crippen LogP contribution < -0.4 is 27.4 Å². The monoisotopic (exact) mass is 517 g/mol. The quantitative estimate of drug-likeness (QED) is 0.140. The minimum absolute atomic E-state index is 0.532. The first-order chi connectivity index (χ1) is 16.8. The van der Waals surface area contributed by atoms with Gasteiger partial charge in [0.15, 0.2) is 0 Å². The van der Waals surface area contributed by atoms with Crippen LogP contribution in [0.25, 0.3) is 0 Å². The predicted molar refractivity (Wildman–Crippen MR) is 122 cm³/mol. The van der Waals surface area contributed by atoms with E-state index in [2.05, 4.69) is 24.9 Å². The number of esters is 1. The lowest BCUT2D eigenvalue weighted by Gasteiger charge is -2.26. The molecule has 36 heavy (non-hydrogen) atoms. The first kappa shape index (κ1) is 32.1. The van der Waals surface area contributed by atoms with Crippen molar-refractivity contribution in [3.8, 4) is 0 Å². The third kappa shape index (κ3) is 15.1. The van der Waals surface area contributed by atoms with Crippen LogP contribution in [-0.2, 0) is 28.7 Å². The SMILES string of the molecule is NC(CC(=O)O)C(=O)O.NC(COC(=O)C(N)CC(=O)O)C(=O)O.c1cnc(N2CCNCC2)nc1. The highest BCUT2D eigenvalue weighted by Gasteiger charge is 2.21. The lowest BCUT2D eigenvalue weighted by atomic mass is 10.2. The minimum Gasteiger partial charge on any atom is -0.481 e. The summed E-state index contributed by atoms with van der Waals surface area (Å²) in [4.78, 5) is 61.5. The molecule has 0 radical (unpaired) electrons. The molecule has 0 aromatic carbocycles. The molecule has 3 unspecified atom stereocenters. The highest BCUT2D eigenvalue weighted by molar-refractivity contribution is 5.82. The normalized spacial score (nSPS) is 14.9. The number of carboxylic acids is 4. The first-order valence-electron chi connectivity index (χ1n) is 10.4. The van der Waals surface area contributed by atoms with Crippen LogP contribution in [0.2, 0.25) is 0 Å². The van der Waals surface area contributed by atoms with E-state index in [1.54, 1.807) is 12.4 Å². The van der Waals surface area contributed by atoms with Crippen molar-refractivity contribution in [2.45, 2.75) is 31.0 Å². The third-order valence-electron chi connectivity index (χ3n) is 4.08. The number of carboxylic acid groups (broad SMARTS) is 4. The molecule has 2 rings (SSSR count). The van der Waals surface area contributed by atoms with Gasteiger partial charge in [0.25, 0.3) is 0 Å². The van der Waals surface area contributed by atoms with Gasteiger partial charge in [-0.05, 0) is 6.07 Å². The zero-order valence-corrected chi connectivity index (χ0v) is 19.2. The molecule has 1 aromatic heterocycles. The van der Waals surface area contributed by atoms with Gasteiger partial charge in [0.05, 0.1) is 12.8 Å². The number of aliphatic carboxylic acids is 4. The average Bonchev–Trinajstić information content (AvgIpc) is 2.83. The Morgan fingerprint density at radius 1 is 0.861 bits per heavy atom. The second-order valence-electron chi connectivity index (χ2n) is 7.11. The van der Waals surface area contributed by atoms with Gasteiger partial charge < -0.3 is 52.6 Å². The maximum absolute atomic E-state index is 10.9. The molecule has 1 aliphatic heterocycles. The maximum atomic E-state index is 10.9. The van der Waals surface area contributed by atoms with Crippen LogP contribution in [0.3, 0.4) is 0 Å². The van der Waals surface area contributed by atoms with Crippen LogP contribution in [0.4, 0.5) is 5.95 Å². The van der Waals surface area contributed by atoms with Crippen molar-refractivity contribution in [2.75, 3.05) is 37.7 Å². The number of piperazine rings is 1. The number of anilines is 1. The van der Waals surface area contributed by atoms with Gasteiger partial charge in [0.2, 0.25) is 5.95 Å². The summed E-state index contributed by atoms with van der Waals surface area (Å²) in [6.45, 7) is 3.52. The number of hydrogen-bond donors (Lipinski definition) is 8. The summed E-state index contributed by atoms with van der Waals surface area (Å²) >= 11 is 0. The largest absolute Gasteiger partial charge is 0.481 e. The molecule has 1 aliphatic rings. The van der Waals surface area contributed by atoms with Crippen LogP contribution in [0.15, 0.2) is 18.5 Å². The van der Waals surface area contributed by atoms with Crippen LogP contribution >= 0.6 is 0 Å². The van der Waals surface area contributed by atoms with Crippen molar-refractivity contribution in [3.05, 3.63) is 18.5 Å². The van der Waals surface area contributed by atoms with Gasteiger partial charge >= 0.3 is 29.8 Å². The van der Waals surface area contributed by atoms with Crippen molar-refractivity contribution in [2.24, 2.45) is 17.2 Å². The number of nitrogens with two attached hydrogens (primary N) is 3. The Balaban J connectivity index is 0.000000527. The molecular formula is C19H31N7O10. The van der Waals surface area contributed by atoms with Gasteiger partial charge in [-0.2, -0.15) is 0 Å². The smallest absolute Gasteiger partial charge is 0.324 e. The second kappa shape index (κ2) is 17.5. The molecule has 1 aromatic rings. The van der Waals surface area contributed by atoms with Gasteiger partial charge in [-0.3, -0.25) is 24.0 Å². The van der Waals surface area contributed by atoms with Crippen molar-refractivity contribution in [1.82, 2.24) is 15.3 Å². The molecule has 2 heterocycles. The maximum Gasteiger partial charge on any atom is 0.324 e. The summed E-state index contributed by atoms with van der Waals surface area (Å²) < 4.78 is 4.39. The van der Waals surface area contributed by atoms with E-state index in [4.69, 9.17) is 37.6 Å². The summed E-state index contributed by atoms with van der Waals surface area (Å²) in [5, 5.41) is 35.9. The molecule has 0 spiro atoms. The number of ether oxygens (including phenoxy) is 1. The summed E-state index contributed by atoms with van der Waals surface area (Å²) in [5.41, 5.74) is 15.0.